The Morgan fingerprint density at radius 1 is 0.887 bits per heavy atom. The van der Waals surface area contributed by atoms with Crippen molar-refractivity contribution >= 4 is 32.5 Å². The van der Waals surface area contributed by atoms with Gasteiger partial charge in [0.2, 0.25) is 10.0 Å². The van der Waals surface area contributed by atoms with E-state index in [9.17, 15) is 39.6 Å². The van der Waals surface area contributed by atoms with E-state index in [0.717, 1.165) is 50.9 Å². The van der Waals surface area contributed by atoms with Gasteiger partial charge in [-0.2, -0.15) is 26.3 Å². The van der Waals surface area contributed by atoms with E-state index in [1.165, 1.54) is 67.9 Å². The first kappa shape index (κ1) is 38.5. The Hall–Kier alpha value is -4.21. The van der Waals surface area contributed by atoms with Gasteiger partial charge in [-0.25, -0.2) is 13.4 Å². The maximum atomic E-state index is 14.6. The quantitative estimate of drug-likeness (QED) is 0.159. The number of rotatable bonds is 10. The number of fused-ring (bicyclic) bond motifs is 1. The van der Waals surface area contributed by atoms with Crippen LogP contribution in [0.1, 0.15) is 72.1 Å². The zero-order chi connectivity index (χ0) is 38.0. The van der Waals surface area contributed by atoms with Crippen LogP contribution in [0, 0.1) is 0 Å². The number of sulfonamides is 1. The highest BCUT2D eigenvalue weighted by Crippen LogP contribution is 2.38. The summed E-state index contributed by atoms with van der Waals surface area (Å²) in [4.78, 5) is 23.7. The summed E-state index contributed by atoms with van der Waals surface area (Å²) < 4.78 is 113. The molecule has 0 spiro atoms. The van der Waals surface area contributed by atoms with Gasteiger partial charge in [-0.3, -0.25) is 14.4 Å². The second-order valence-electron chi connectivity index (χ2n) is 13.6. The van der Waals surface area contributed by atoms with Crippen LogP contribution in [-0.2, 0) is 22.7 Å². The lowest BCUT2D eigenvalue weighted by Gasteiger charge is -2.40. The van der Waals surface area contributed by atoms with Gasteiger partial charge in [-0.15, -0.1) is 0 Å². The van der Waals surface area contributed by atoms with Gasteiger partial charge in [0.1, 0.15) is 0 Å². The minimum Gasteiger partial charge on any atom is -0.337 e. The molecule has 1 aromatic heterocycles. The maximum absolute atomic E-state index is 14.6. The summed E-state index contributed by atoms with van der Waals surface area (Å²) >= 11 is 0. The molecule has 2 aliphatic heterocycles. The lowest BCUT2D eigenvalue weighted by atomic mass is 9.93. The number of carbonyl (C=O) groups is 1. The Bertz CT molecular complexity index is 2030. The van der Waals surface area contributed by atoms with Crippen molar-refractivity contribution in [3.63, 3.8) is 0 Å². The molecule has 2 fully saturated rings. The Kier molecular flexibility index (Phi) is 11.4. The number of nitrogens with zero attached hydrogens (tertiary/aromatic N) is 3. The minimum atomic E-state index is -4.91. The molecule has 2 N–H and O–H groups in total. The molecule has 3 aromatic carbocycles. The first-order chi connectivity index (χ1) is 25.1. The minimum absolute atomic E-state index is 0.00305. The number of pyridine rings is 1. The van der Waals surface area contributed by atoms with Gasteiger partial charge in [0.05, 0.1) is 28.1 Å². The van der Waals surface area contributed by atoms with Crippen molar-refractivity contribution in [3.05, 3.63) is 95.1 Å². The van der Waals surface area contributed by atoms with Gasteiger partial charge in [0.15, 0.2) is 6.04 Å². The van der Waals surface area contributed by atoms with E-state index >= 15 is 0 Å². The number of amides is 1. The molecule has 284 valence electrons. The van der Waals surface area contributed by atoms with Crippen molar-refractivity contribution in [2.75, 3.05) is 36.7 Å². The number of piperidine rings is 2. The number of carbonyl (C=O) groups excluding carboxylic acids is 1. The molecule has 1 amide bonds. The molecule has 0 bridgehead atoms. The highest BCUT2D eigenvalue weighted by atomic mass is 32.2. The average molecular weight is 762 g/mol. The molecule has 1 unspecified atom stereocenters. The van der Waals surface area contributed by atoms with Crippen LogP contribution in [0.2, 0.25) is 0 Å². The number of anilines is 1. The normalized spacial score (nSPS) is 17.5. The third-order valence-electron chi connectivity index (χ3n) is 10.0. The molecule has 0 saturated carbocycles. The molecule has 2 saturated heterocycles. The second kappa shape index (κ2) is 15.6. The average Bonchev–Trinajstić information content (AvgIpc) is 3.13. The monoisotopic (exact) mass is 761 g/mol. The van der Waals surface area contributed by atoms with Crippen LogP contribution in [0.25, 0.3) is 22.2 Å². The number of benzene rings is 3. The predicted octanol–water partition coefficient (Wildman–Crippen LogP) is 8.17. The molecule has 0 radical (unpaired) electrons. The summed E-state index contributed by atoms with van der Waals surface area (Å²) in [5.41, 5.74) is -1.11. The van der Waals surface area contributed by atoms with E-state index in [-0.39, 0.29) is 56.8 Å². The Balaban J connectivity index is 1.52. The lowest BCUT2D eigenvalue weighted by Crippen LogP contribution is -2.46. The van der Waals surface area contributed by atoms with Gasteiger partial charge in [-0.05, 0) is 94.7 Å². The van der Waals surface area contributed by atoms with Crippen LogP contribution < -0.4 is 10.0 Å². The zero-order valence-corrected chi connectivity index (χ0v) is 29.9. The van der Waals surface area contributed by atoms with E-state index in [4.69, 9.17) is 4.98 Å². The highest BCUT2D eigenvalue weighted by molar-refractivity contribution is 7.92. The summed E-state index contributed by atoms with van der Waals surface area (Å²) in [6.07, 6.45) is -4.58. The van der Waals surface area contributed by atoms with Crippen molar-refractivity contribution in [2.45, 2.75) is 70.0 Å². The highest BCUT2D eigenvalue weighted by Gasteiger charge is 2.43. The summed E-state index contributed by atoms with van der Waals surface area (Å²) in [7, 11) is -3.80. The molecule has 15 heteroatoms. The van der Waals surface area contributed by atoms with E-state index in [0.29, 0.717) is 19.1 Å². The fourth-order valence-electron chi connectivity index (χ4n) is 7.27. The standard InChI is InChI=1S/C38H41F6N5O3S/c1-2-53(51,52)47-28-14-15-32-30(23-28)33(36(50)46-35(38(42,43)44)25-10-5-3-6-11-25)31(34(45-32)26-12-9-13-27(22-26)37(39,40)41)24-48-20-16-29(17-21-48)49-18-7-4-8-19-49/h3,5-6,9-15,22-23,29,35,47H,2,4,7-8,16-21,24H2,1H3,(H,46,50). The first-order valence-corrected chi connectivity index (χ1v) is 19.3. The Morgan fingerprint density at radius 2 is 1.58 bits per heavy atom. The molecule has 8 nitrogen and oxygen atoms in total. The van der Waals surface area contributed by atoms with Gasteiger partial charge in [0, 0.05) is 34.8 Å². The van der Waals surface area contributed by atoms with Crippen molar-refractivity contribution in [1.82, 2.24) is 20.1 Å². The Labute approximate surface area is 304 Å². The Morgan fingerprint density at radius 3 is 2.23 bits per heavy atom. The number of hydrogen-bond acceptors (Lipinski definition) is 6. The van der Waals surface area contributed by atoms with Gasteiger partial charge >= 0.3 is 12.4 Å². The topological polar surface area (TPSA) is 94.6 Å². The maximum Gasteiger partial charge on any atom is 0.416 e. The molecule has 3 heterocycles. The SMILES string of the molecule is CCS(=O)(=O)Nc1ccc2nc(-c3cccc(C(F)(F)F)c3)c(CN3CCC(N4CCCCC4)CC3)c(C(=O)NC(c3ccccc3)C(F)(F)F)c2c1. The molecule has 0 aliphatic carbocycles. The molecular formula is C38H41F6N5O3S. The fraction of sp³-hybridized carbons (Fsp3) is 0.421. The largest absolute Gasteiger partial charge is 0.416 e. The summed E-state index contributed by atoms with van der Waals surface area (Å²) in [5.74, 6) is -1.40. The fourth-order valence-corrected chi connectivity index (χ4v) is 7.90. The van der Waals surface area contributed by atoms with Crippen LogP contribution in [0.3, 0.4) is 0 Å². The zero-order valence-electron chi connectivity index (χ0n) is 29.1. The molecule has 53 heavy (non-hydrogen) atoms. The van der Waals surface area contributed by atoms with E-state index in [1.54, 1.807) is 6.07 Å². The van der Waals surface area contributed by atoms with Crippen LogP contribution in [0.15, 0.2) is 72.8 Å². The number of hydrogen-bond donors (Lipinski definition) is 2. The van der Waals surface area contributed by atoms with Crippen molar-refractivity contribution in [2.24, 2.45) is 0 Å². The van der Waals surface area contributed by atoms with Crippen molar-refractivity contribution < 1.29 is 39.6 Å². The van der Waals surface area contributed by atoms with Crippen LogP contribution in [-0.4, -0.2) is 73.3 Å². The predicted molar refractivity (Wildman–Crippen MR) is 192 cm³/mol. The number of likely N-dealkylation sites (tertiary alicyclic amines) is 2. The van der Waals surface area contributed by atoms with Gasteiger partial charge in [0.25, 0.3) is 5.91 Å². The lowest BCUT2D eigenvalue weighted by molar-refractivity contribution is -0.155. The second-order valence-corrected chi connectivity index (χ2v) is 15.6. The van der Waals surface area contributed by atoms with E-state index < -0.39 is 39.9 Å². The van der Waals surface area contributed by atoms with Gasteiger partial charge < -0.3 is 10.2 Å². The smallest absolute Gasteiger partial charge is 0.337 e. The number of nitrogens with one attached hydrogen (secondary N) is 2. The van der Waals surface area contributed by atoms with Gasteiger partial charge in [-0.1, -0.05) is 48.9 Å². The van der Waals surface area contributed by atoms with E-state index in [1.807, 2.05) is 4.90 Å². The van der Waals surface area contributed by atoms with Crippen LogP contribution in [0.5, 0.6) is 0 Å². The summed E-state index contributed by atoms with van der Waals surface area (Å²) in [6, 6.07) is 13.3. The third-order valence-corrected chi connectivity index (χ3v) is 11.3. The van der Waals surface area contributed by atoms with Crippen LogP contribution in [0.4, 0.5) is 32.0 Å². The molecule has 6 rings (SSSR count). The molecule has 2 aliphatic rings. The summed E-state index contributed by atoms with van der Waals surface area (Å²) in [5, 5.41) is 2.21. The van der Waals surface area contributed by atoms with Crippen LogP contribution >= 0.6 is 0 Å². The molecule has 4 aromatic rings. The number of alkyl halides is 6. The number of halogens is 6. The van der Waals surface area contributed by atoms with Crippen molar-refractivity contribution in [3.8, 4) is 11.3 Å². The van der Waals surface area contributed by atoms with E-state index in [2.05, 4.69) is 14.9 Å². The summed E-state index contributed by atoms with van der Waals surface area (Å²) in [6.45, 7) is 4.60. The molecular weight excluding hydrogens is 721 g/mol. The third kappa shape index (κ3) is 9.13. The first-order valence-electron chi connectivity index (χ1n) is 17.7. The van der Waals surface area contributed by atoms with Crippen molar-refractivity contribution in [1.29, 1.82) is 0 Å². The number of aromatic nitrogens is 1. The molecule has 1 atom stereocenters.